The van der Waals surface area contributed by atoms with Gasteiger partial charge in [-0.1, -0.05) is 30.4 Å². The number of amides is 1. The Morgan fingerprint density at radius 2 is 1.92 bits per heavy atom. The summed E-state index contributed by atoms with van der Waals surface area (Å²) in [6, 6.07) is 3.32. The maximum absolute atomic E-state index is 13.0. The number of rotatable bonds is 3. The van der Waals surface area contributed by atoms with Gasteiger partial charge in [0.05, 0.1) is 5.56 Å². The standard InChI is InChI=1S/C17H18F3N3O2/c1-10-7-8-12(9-13(10)17(18,19)20)14(24)21-16-23-22-15(25-16)11-5-3-2-4-6-11/h7-9,11H,2-6H2,1H3,(H,21,23,24). The fraction of sp³-hybridized carbons (Fsp3) is 0.471. The lowest BCUT2D eigenvalue weighted by atomic mass is 9.89. The number of carbonyl (C=O) groups is 1. The molecule has 0 atom stereocenters. The summed E-state index contributed by atoms with van der Waals surface area (Å²) in [6.07, 6.45) is 0.782. The summed E-state index contributed by atoms with van der Waals surface area (Å²) in [5.41, 5.74) is -0.898. The highest BCUT2D eigenvalue weighted by Crippen LogP contribution is 2.33. The summed E-state index contributed by atoms with van der Waals surface area (Å²) < 4.78 is 44.3. The van der Waals surface area contributed by atoms with Crippen LogP contribution in [0.5, 0.6) is 0 Å². The number of hydrogen-bond donors (Lipinski definition) is 1. The minimum Gasteiger partial charge on any atom is -0.408 e. The average molecular weight is 353 g/mol. The third kappa shape index (κ3) is 4.00. The van der Waals surface area contributed by atoms with Gasteiger partial charge in [-0.2, -0.15) is 13.2 Å². The zero-order chi connectivity index (χ0) is 18.0. The first-order valence-electron chi connectivity index (χ1n) is 8.17. The van der Waals surface area contributed by atoms with E-state index in [1.807, 2.05) is 0 Å². The maximum Gasteiger partial charge on any atom is 0.416 e. The summed E-state index contributed by atoms with van der Waals surface area (Å²) in [4.78, 5) is 12.2. The van der Waals surface area contributed by atoms with Gasteiger partial charge in [-0.3, -0.25) is 10.1 Å². The zero-order valence-electron chi connectivity index (χ0n) is 13.7. The molecule has 0 bridgehead atoms. The molecule has 0 saturated heterocycles. The Labute approximate surface area is 142 Å². The lowest BCUT2D eigenvalue weighted by Gasteiger charge is -2.17. The van der Waals surface area contributed by atoms with Gasteiger partial charge in [0, 0.05) is 11.5 Å². The fourth-order valence-corrected chi connectivity index (χ4v) is 3.04. The molecule has 5 nitrogen and oxygen atoms in total. The van der Waals surface area contributed by atoms with Crippen molar-refractivity contribution in [2.75, 3.05) is 5.32 Å². The van der Waals surface area contributed by atoms with E-state index >= 15 is 0 Å². The van der Waals surface area contributed by atoms with Crippen LogP contribution in [0, 0.1) is 6.92 Å². The number of aryl methyl sites for hydroxylation is 1. The molecule has 1 N–H and O–H groups in total. The van der Waals surface area contributed by atoms with Crippen LogP contribution in [0.1, 0.15) is 65.4 Å². The first kappa shape index (κ1) is 17.4. The van der Waals surface area contributed by atoms with Gasteiger partial charge in [-0.25, -0.2) is 0 Å². The second-order valence-electron chi connectivity index (χ2n) is 6.26. The van der Waals surface area contributed by atoms with Crippen molar-refractivity contribution in [1.29, 1.82) is 0 Å². The van der Waals surface area contributed by atoms with Gasteiger partial charge in [-0.05, 0) is 37.5 Å². The first-order valence-corrected chi connectivity index (χ1v) is 8.17. The minimum atomic E-state index is -4.51. The molecular weight excluding hydrogens is 335 g/mol. The van der Waals surface area contributed by atoms with Crippen LogP contribution in [-0.4, -0.2) is 16.1 Å². The number of aromatic nitrogens is 2. The van der Waals surface area contributed by atoms with E-state index in [9.17, 15) is 18.0 Å². The molecule has 3 rings (SSSR count). The summed E-state index contributed by atoms with van der Waals surface area (Å²) >= 11 is 0. The fourth-order valence-electron chi connectivity index (χ4n) is 3.04. The molecule has 2 aromatic rings. The number of benzene rings is 1. The second kappa shape index (κ2) is 6.85. The van der Waals surface area contributed by atoms with Crippen LogP contribution in [0.4, 0.5) is 19.2 Å². The summed E-state index contributed by atoms with van der Waals surface area (Å²) in [7, 11) is 0. The number of halogens is 3. The monoisotopic (exact) mass is 353 g/mol. The number of carbonyl (C=O) groups excluding carboxylic acids is 1. The molecule has 1 aliphatic rings. The molecule has 1 fully saturated rings. The van der Waals surface area contributed by atoms with Crippen LogP contribution in [0.25, 0.3) is 0 Å². The number of nitrogens with one attached hydrogen (secondary N) is 1. The predicted molar refractivity (Wildman–Crippen MR) is 84.3 cm³/mol. The highest BCUT2D eigenvalue weighted by atomic mass is 19.4. The van der Waals surface area contributed by atoms with Gasteiger partial charge in [-0.15, -0.1) is 5.10 Å². The molecular formula is C17H18F3N3O2. The number of anilines is 1. The molecule has 0 spiro atoms. The van der Waals surface area contributed by atoms with Gasteiger partial charge in [0.25, 0.3) is 5.91 Å². The zero-order valence-corrected chi connectivity index (χ0v) is 13.7. The van der Waals surface area contributed by atoms with Crippen molar-refractivity contribution in [1.82, 2.24) is 10.2 Å². The van der Waals surface area contributed by atoms with E-state index in [1.165, 1.54) is 25.5 Å². The molecule has 0 unspecified atom stereocenters. The van der Waals surface area contributed by atoms with E-state index in [-0.39, 0.29) is 23.1 Å². The predicted octanol–water partition coefficient (Wildman–Crippen LogP) is 4.70. The summed E-state index contributed by atoms with van der Waals surface area (Å²) in [5.74, 6) is -0.0673. The van der Waals surface area contributed by atoms with Crippen LogP contribution >= 0.6 is 0 Å². The van der Waals surface area contributed by atoms with Crippen LogP contribution in [-0.2, 0) is 6.18 Å². The topological polar surface area (TPSA) is 68.0 Å². The molecule has 1 saturated carbocycles. The minimum absolute atomic E-state index is 0.0569. The number of hydrogen-bond acceptors (Lipinski definition) is 4. The normalized spacial score (nSPS) is 16.0. The molecule has 1 aromatic carbocycles. The van der Waals surface area contributed by atoms with Gasteiger partial charge in [0.2, 0.25) is 5.89 Å². The summed E-state index contributed by atoms with van der Waals surface area (Å²) in [6.45, 7) is 1.35. The smallest absolute Gasteiger partial charge is 0.408 e. The Kier molecular flexibility index (Phi) is 4.78. The van der Waals surface area contributed by atoms with Crippen molar-refractivity contribution in [3.63, 3.8) is 0 Å². The largest absolute Gasteiger partial charge is 0.416 e. The van der Waals surface area contributed by atoms with E-state index < -0.39 is 17.6 Å². The number of alkyl halides is 3. The SMILES string of the molecule is Cc1ccc(C(=O)Nc2nnc(C3CCCCC3)o2)cc1C(F)(F)F. The quantitative estimate of drug-likeness (QED) is 0.869. The van der Waals surface area contributed by atoms with Crippen molar-refractivity contribution >= 4 is 11.9 Å². The van der Waals surface area contributed by atoms with Gasteiger partial charge in [0.1, 0.15) is 0 Å². The van der Waals surface area contributed by atoms with Crippen LogP contribution < -0.4 is 5.32 Å². The van der Waals surface area contributed by atoms with Crippen molar-refractivity contribution in [2.24, 2.45) is 0 Å². The Morgan fingerprint density at radius 1 is 1.20 bits per heavy atom. The maximum atomic E-state index is 13.0. The first-order chi connectivity index (χ1) is 11.8. The van der Waals surface area contributed by atoms with Gasteiger partial charge >= 0.3 is 12.2 Å². The van der Waals surface area contributed by atoms with Crippen molar-refractivity contribution in [2.45, 2.75) is 51.1 Å². The Morgan fingerprint density at radius 3 is 2.60 bits per heavy atom. The van der Waals surface area contributed by atoms with Crippen molar-refractivity contribution in [3.05, 3.63) is 40.8 Å². The third-order valence-corrected chi connectivity index (χ3v) is 4.42. The molecule has 8 heteroatoms. The molecule has 0 radical (unpaired) electrons. The van der Waals surface area contributed by atoms with Crippen LogP contribution in [0.15, 0.2) is 22.6 Å². The van der Waals surface area contributed by atoms with Crippen LogP contribution in [0.3, 0.4) is 0 Å². The highest BCUT2D eigenvalue weighted by molar-refractivity contribution is 6.03. The van der Waals surface area contributed by atoms with E-state index in [2.05, 4.69) is 15.5 Å². The van der Waals surface area contributed by atoms with E-state index in [1.54, 1.807) is 0 Å². The molecule has 134 valence electrons. The second-order valence-corrected chi connectivity index (χ2v) is 6.26. The lowest BCUT2D eigenvalue weighted by Crippen LogP contribution is -2.15. The van der Waals surface area contributed by atoms with Gasteiger partial charge < -0.3 is 4.42 Å². The lowest BCUT2D eigenvalue weighted by molar-refractivity contribution is -0.138. The molecule has 0 aliphatic heterocycles. The van der Waals surface area contributed by atoms with E-state index in [4.69, 9.17) is 4.42 Å². The molecule has 1 amide bonds. The van der Waals surface area contributed by atoms with E-state index in [0.29, 0.717) is 5.89 Å². The third-order valence-electron chi connectivity index (χ3n) is 4.42. The molecule has 1 aromatic heterocycles. The number of nitrogens with zero attached hydrogens (tertiary/aromatic N) is 2. The Hall–Kier alpha value is -2.38. The Balaban J connectivity index is 1.73. The highest BCUT2D eigenvalue weighted by Gasteiger charge is 2.33. The molecule has 25 heavy (non-hydrogen) atoms. The van der Waals surface area contributed by atoms with Crippen LogP contribution in [0.2, 0.25) is 0 Å². The van der Waals surface area contributed by atoms with Crippen molar-refractivity contribution < 1.29 is 22.4 Å². The molecule has 1 aliphatic carbocycles. The van der Waals surface area contributed by atoms with E-state index in [0.717, 1.165) is 31.7 Å². The average Bonchev–Trinajstić information content (AvgIpc) is 3.03. The summed E-state index contributed by atoms with van der Waals surface area (Å²) in [5, 5.41) is 10.1. The Bertz CT molecular complexity index is 765. The van der Waals surface area contributed by atoms with Crippen molar-refractivity contribution in [3.8, 4) is 0 Å². The molecule has 1 heterocycles. The van der Waals surface area contributed by atoms with Gasteiger partial charge in [0.15, 0.2) is 0 Å².